The largest absolute Gasteiger partial charge is 0.378 e. The SMILES string of the molecule is CN(C)c1cccc(C(=O)Nc2cn(C)c(=O)n(C)c2=O)c1. The van der Waals surface area contributed by atoms with Crippen molar-refractivity contribution in [3.8, 4) is 0 Å². The summed E-state index contributed by atoms with van der Waals surface area (Å²) >= 11 is 0. The molecular weight excluding hydrogens is 284 g/mol. The van der Waals surface area contributed by atoms with E-state index in [0.29, 0.717) is 5.56 Å². The van der Waals surface area contributed by atoms with Crippen molar-refractivity contribution in [2.75, 3.05) is 24.3 Å². The Kier molecular flexibility index (Phi) is 4.16. The van der Waals surface area contributed by atoms with Gasteiger partial charge in [-0.05, 0) is 18.2 Å². The first-order valence-electron chi connectivity index (χ1n) is 6.66. The van der Waals surface area contributed by atoms with Gasteiger partial charge in [0.05, 0.1) is 0 Å². The highest BCUT2D eigenvalue weighted by Gasteiger charge is 2.12. The molecule has 0 aliphatic heterocycles. The lowest BCUT2D eigenvalue weighted by atomic mass is 10.2. The monoisotopic (exact) mass is 302 g/mol. The van der Waals surface area contributed by atoms with Crippen molar-refractivity contribution in [1.82, 2.24) is 9.13 Å². The summed E-state index contributed by atoms with van der Waals surface area (Å²) in [5.41, 5.74) is 0.380. The summed E-state index contributed by atoms with van der Waals surface area (Å²) in [5, 5.41) is 2.55. The van der Waals surface area contributed by atoms with Crippen LogP contribution in [0.3, 0.4) is 0 Å². The fourth-order valence-electron chi connectivity index (χ4n) is 2.01. The van der Waals surface area contributed by atoms with Crippen LogP contribution in [0.2, 0.25) is 0 Å². The molecule has 1 N–H and O–H groups in total. The number of carbonyl (C=O) groups is 1. The molecular formula is C15H18N4O3. The van der Waals surface area contributed by atoms with Crippen LogP contribution in [0.4, 0.5) is 11.4 Å². The van der Waals surface area contributed by atoms with E-state index in [1.165, 1.54) is 24.9 Å². The highest BCUT2D eigenvalue weighted by Crippen LogP contribution is 2.14. The van der Waals surface area contributed by atoms with E-state index in [4.69, 9.17) is 0 Å². The summed E-state index contributed by atoms with van der Waals surface area (Å²) in [5.74, 6) is -0.403. The lowest BCUT2D eigenvalue weighted by Gasteiger charge is -2.13. The molecule has 2 aromatic rings. The summed E-state index contributed by atoms with van der Waals surface area (Å²) in [6, 6.07) is 7.03. The molecule has 0 spiro atoms. The number of hydrogen-bond donors (Lipinski definition) is 1. The first-order chi connectivity index (χ1) is 10.3. The van der Waals surface area contributed by atoms with Crippen LogP contribution in [-0.2, 0) is 14.1 Å². The molecule has 22 heavy (non-hydrogen) atoms. The Morgan fingerprint density at radius 2 is 1.86 bits per heavy atom. The van der Waals surface area contributed by atoms with Crippen molar-refractivity contribution in [2.45, 2.75) is 0 Å². The van der Waals surface area contributed by atoms with Crippen LogP contribution in [0.15, 0.2) is 40.1 Å². The van der Waals surface area contributed by atoms with Gasteiger partial charge in [0, 0.05) is 45.6 Å². The number of rotatable bonds is 3. The van der Waals surface area contributed by atoms with Crippen LogP contribution in [0, 0.1) is 0 Å². The van der Waals surface area contributed by atoms with E-state index in [-0.39, 0.29) is 5.69 Å². The number of nitrogens with zero attached hydrogens (tertiary/aromatic N) is 3. The van der Waals surface area contributed by atoms with Gasteiger partial charge in [-0.15, -0.1) is 0 Å². The quantitative estimate of drug-likeness (QED) is 0.890. The van der Waals surface area contributed by atoms with Crippen molar-refractivity contribution in [2.24, 2.45) is 14.1 Å². The zero-order valence-corrected chi connectivity index (χ0v) is 13.0. The van der Waals surface area contributed by atoms with Gasteiger partial charge in [-0.25, -0.2) is 4.79 Å². The zero-order valence-electron chi connectivity index (χ0n) is 13.0. The second-order valence-corrected chi connectivity index (χ2v) is 5.20. The first-order valence-corrected chi connectivity index (χ1v) is 6.66. The molecule has 7 nitrogen and oxygen atoms in total. The predicted octanol–water partition coefficient (Wildman–Crippen LogP) is 0.402. The molecule has 1 heterocycles. The Morgan fingerprint density at radius 1 is 1.18 bits per heavy atom. The van der Waals surface area contributed by atoms with Crippen molar-refractivity contribution in [1.29, 1.82) is 0 Å². The number of carbonyl (C=O) groups excluding carboxylic acids is 1. The molecule has 0 bridgehead atoms. The number of hydrogen-bond acceptors (Lipinski definition) is 4. The molecule has 0 aliphatic carbocycles. The Morgan fingerprint density at radius 3 is 2.50 bits per heavy atom. The van der Waals surface area contributed by atoms with Gasteiger partial charge in [0.2, 0.25) is 0 Å². The molecule has 0 saturated carbocycles. The smallest absolute Gasteiger partial charge is 0.330 e. The van der Waals surface area contributed by atoms with Gasteiger partial charge in [0.15, 0.2) is 0 Å². The number of anilines is 2. The van der Waals surface area contributed by atoms with E-state index < -0.39 is 17.2 Å². The summed E-state index contributed by atoms with van der Waals surface area (Å²) in [6.07, 6.45) is 1.32. The van der Waals surface area contributed by atoms with Crippen molar-refractivity contribution in [3.05, 3.63) is 56.9 Å². The maximum atomic E-state index is 12.3. The van der Waals surface area contributed by atoms with Crippen LogP contribution in [0.1, 0.15) is 10.4 Å². The molecule has 1 aromatic heterocycles. The fourth-order valence-corrected chi connectivity index (χ4v) is 2.01. The number of nitrogens with one attached hydrogen (secondary N) is 1. The van der Waals surface area contributed by atoms with Crippen LogP contribution in [0.25, 0.3) is 0 Å². The number of amides is 1. The van der Waals surface area contributed by atoms with Gasteiger partial charge < -0.3 is 14.8 Å². The molecule has 0 atom stereocenters. The molecule has 0 radical (unpaired) electrons. The third-order valence-corrected chi connectivity index (χ3v) is 3.32. The second kappa shape index (κ2) is 5.88. The highest BCUT2D eigenvalue weighted by atomic mass is 16.2. The third kappa shape index (κ3) is 2.93. The van der Waals surface area contributed by atoms with Gasteiger partial charge in [-0.1, -0.05) is 6.07 Å². The van der Waals surface area contributed by atoms with Gasteiger partial charge in [-0.2, -0.15) is 0 Å². The molecule has 0 unspecified atom stereocenters. The van der Waals surface area contributed by atoms with E-state index >= 15 is 0 Å². The van der Waals surface area contributed by atoms with Crippen LogP contribution in [0.5, 0.6) is 0 Å². The first kappa shape index (κ1) is 15.6. The fraction of sp³-hybridized carbons (Fsp3) is 0.267. The number of aryl methyl sites for hydroxylation is 1. The van der Waals surface area contributed by atoms with E-state index in [2.05, 4.69) is 5.32 Å². The minimum atomic E-state index is -0.541. The zero-order chi connectivity index (χ0) is 16.4. The molecule has 7 heteroatoms. The molecule has 1 aromatic carbocycles. The minimum Gasteiger partial charge on any atom is -0.378 e. The summed E-state index contributed by atoms with van der Waals surface area (Å²) < 4.78 is 2.19. The lowest BCUT2D eigenvalue weighted by Crippen LogP contribution is -2.38. The topological polar surface area (TPSA) is 76.3 Å². The molecule has 0 saturated heterocycles. The molecule has 0 fully saturated rings. The normalized spacial score (nSPS) is 10.4. The van der Waals surface area contributed by atoms with Gasteiger partial charge >= 0.3 is 5.69 Å². The predicted molar refractivity (Wildman–Crippen MR) is 85.6 cm³/mol. The van der Waals surface area contributed by atoms with E-state index in [9.17, 15) is 14.4 Å². The Hall–Kier alpha value is -2.83. The van der Waals surface area contributed by atoms with Gasteiger partial charge in [-0.3, -0.25) is 14.2 Å². The van der Waals surface area contributed by atoms with E-state index in [1.54, 1.807) is 18.2 Å². The average molecular weight is 302 g/mol. The standard InChI is InChI=1S/C15H18N4O3/c1-17(2)11-7-5-6-10(8-11)13(20)16-12-9-18(3)15(22)19(4)14(12)21/h5-9H,1-4H3,(H,16,20). The Balaban J connectivity index is 2.36. The van der Waals surface area contributed by atoms with Crippen LogP contribution >= 0.6 is 0 Å². The minimum absolute atomic E-state index is 0.0601. The van der Waals surface area contributed by atoms with Gasteiger partial charge in [0.1, 0.15) is 5.69 Å². The maximum Gasteiger partial charge on any atom is 0.330 e. The second-order valence-electron chi connectivity index (χ2n) is 5.20. The van der Waals surface area contributed by atoms with Crippen LogP contribution in [-0.4, -0.2) is 29.1 Å². The van der Waals surface area contributed by atoms with Crippen LogP contribution < -0.4 is 21.5 Å². The van der Waals surface area contributed by atoms with Crippen molar-refractivity contribution >= 4 is 17.3 Å². The molecule has 2 rings (SSSR count). The van der Waals surface area contributed by atoms with Crippen molar-refractivity contribution in [3.63, 3.8) is 0 Å². The molecule has 116 valence electrons. The Bertz CT molecular complexity index is 833. The molecule has 1 amide bonds. The average Bonchev–Trinajstić information content (AvgIpc) is 2.50. The Labute approximate surface area is 127 Å². The third-order valence-electron chi connectivity index (χ3n) is 3.32. The summed E-state index contributed by atoms with van der Waals surface area (Å²) in [4.78, 5) is 37.8. The number of aromatic nitrogens is 2. The molecule has 0 aliphatic rings. The number of benzene rings is 1. The highest BCUT2D eigenvalue weighted by molar-refractivity contribution is 6.04. The summed E-state index contributed by atoms with van der Waals surface area (Å²) in [6.45, 7) is 0. The maximum absolute atomic E-state index is 12.3. The van der Waals surface area contributed by atoms with E-state index in [1.807, 2.05) is 25.1 Å². The van der Waals surface area contributed by atoms with E-state index in [0.717, 1.165) is 10.3 Å². The van der Waals surface area contributed by atoms with Gasteiger partial charge in [0.25, 0.3) is 11.5 Å². The van der Waals surface area contributed by atoms with Crippen molar-refractivity contribution < 1.29 is 4.79 Å². The summed E-state index contributed by atoms with van der Waals surface area (Å²) in [7, 11) is 6.64. The lowest BCUT2D eigenvalue weighted by molar-refractivity contribution is 0.102.